The van der Waals surface area contributed by atoms with Crippen molar-refractivity contribution in [3.8, 4) is 5.88 Å². The van der Waals surface area contributed by atoms with Gasteiger partial charge in [0.2, 0.25) is 5.88 Å². The molecule has 1 aromatic heterocycles. The molecule has 72 valence electrons. The molecule has 13 heavy (non-hydrogen) atoms. The molecule has 0 bridgehead atoms. The van der Waals surface area contributed by atoms with Crippen LogP contribution in [0.3, 0.4) is 0 Å². The topological polar surface area (TPSA) is 44.1 Å². The highest BCUT2D eigenvalue weighted by Crippen LogP contribution is 2.22. The van der Waals surface area contributed by atoms with Crippen LogP contribution in [0.15, 0.2) is 0 Å². The highest BCUT2D eigenvalue weighted by Gasteiger charge is 2.18. The van der Waals surface area contributed by atoms with Crippen LogP contribution in [-0.2, 0) is 7.05 Å². The second-order valence-corrected chi connectivity index (χ2v) is 2.87. The number of rotatable bonds is 3. The fraction of sp³-hybridized carbons (Fsp3) is 0.556. The first-order valence-electron chi connectivity index (χ1n) is 4.22. The molecule has 0 unspecified atom stereocenters. The highest BCUT2D eigenvalue weighted by molar-refractivity contribution is 5.99. The van der Waals surface area contributed by atoms with E-state index < -0.39 is 0 Å². The third kappa shape index (κ3) is 1.56. The Hall–Kier alpha value is -1.32. The third-order valence-corrected chi connectivity index (χ3v) is 1.96. The predicted octanol–water partition coefficient (Wildman–Crippen LogP) is 1.33. The highest BCUT2D eigenvalue weighted by atomic mass is 16.5. The Morgan fingerprint density at radius 3 is 2.69 bits per heavy atom. The van der Waals surface area contributed by atoms with Crippen LogP contribution in [0, 0.1) is 6.92 Å². The van der Waals surface area contributed by atoms with Crippen LogP contribution in [-0.4, -0.2) is 22.7 Å². The van der Waals surface area contributed by atoms with Crippen molar-refractivity contribution in [2.45, 2.75) is 20.3 Å². The number of methoxy groups -OCH3 is 1. The number of hydrogen-bond acceptors (Lipinski definition) is 3. The summed E-state index contributed by atoms with van der Waals surface area (Å²) < 4.78 is 6.68. The van der Waals surface area contributed by atoms with Crippen molar-refractivity contribution in [1.29, 1.82) is 0 Å². The molecule has 0 fully saturated rings. The molecule has 0 atom stereocenters. The van der Waals surface area contributed by atoms with Crippen molar-refractivity contribution < 1.29 is 9.53 Å². The van der Waals surface area contributed by atoms with Gasteiger partial charge >= 0.3 is 0 Å². The molecule has 1 heterocycles. The van der Waals surface area contributed by atoms with Gasteiger partial charge in [0.25, 0.3) is 0 Å². The summed E-state index contributed by atoms with van der Waals surface area (Å²) >= 11 is 0. The minimum atomic E-state index is 0.0717. The molecular formula is C9H14N2O2. The zero-order chi connectivity index (χ0) is 10.0. The number of aryl methyl sites for hydroxylation is 2. The minimum absolute atomic E-state index is 0.0717. The monoisotopic (exact) mass is 182 g/mol. The van der Waals surface area contributed by atoms with Crippen molar-refractivity contribution in [3.05, 3.63) is 11.3 Å². The molecule has 0 spiro atoms. The summed E-state index contributed by atoms with van der Waals surface area (Å²) in [6, 6.07) is 0. The average Bonchev–Trinajstić information content (AvgIpc) is 2.39. The summed E-state index contributed by atoms with van der Waals surface area (Å²) in [5.41, 5.74) is 1.33. The predicted molar refractivity (Wildman–Crippen MR) is 49.1 cm³/mol. The Bertz CT molecular complexity index is 329. The summed E-state index contributed by atoms with van der Waals surface area (Å²) in [7, 11) is 3.31. The van der Waals surface area contributed by atoms with Crippen LogP contribution in [0.2, 0.25) is 0 Å². The Labute approximate surface area is 77.5 Å². The second-order valence-electron chi connectivity index (χ2n) is 2.87. The van der Waals surface area contributed by atoms with Gasteiger partial charge in [-0.25, -0.2) is 4.68 Å². The van der Waals surface area contributed by atoms with Gasteiger partial charge in [-0.3, -0.25) is 4.79 Å². The van der Waals surface area contributed by atoms with Crippen molar-refractivity contribution in [1.82, 2.24) is 9.78 Å². The lowest BCUT2D eigenvalue weighted by Gasteiger charge is -2.01. The van der Waals surface area contributed by atoms with Crippen molar-refractivity contribution in [2.24, 2.45) is 7.05 Å². The normalized spacial score (nSPS) is 10.2. The molecule has 4 nitrogen and oxygen atoms in total. The molecule has 0 saturated carbocycles. The van der Waals surface area contributed by atoms with E-state index >= 15 is 0 Å². The maximum atomic E-state index is 11.5. The van der Waals surface area contributed by atoms with Gasteiger partial charge in [0.05, 0.1) is 12.8 Å². The van der Waals surface area contributed by atoms with Gasteiger partial charge in [0.1, 0.15) is 5.56 Å². The van der Waals surface area contributed by atoms with Gasteiger partial charge in [-0.1, -0.05) is 6.92 Å². The summed E-state index contributed by atoms with van der Waals surface area (Å²) in [6.45, 7) is 3.64. The smallest absolute Gasteiger partial charge is 0.222 e. The van der Waals surface area contributed by atoms with Crippen molar-refractivity contribution in [2.75, 3.05) is 7.11 Å². The SMILES string of the molecule is CCC(=O)c1c(C)nn(C)c1OC. The second kappa shape index (κ2) is 3.60. The van der Waals surface area contributed by atoms with Gasteiger partial charge in [-0.15, -0.1) is 0 Å². The molecule has 0 aliphatic heterocycles. The van der Waals surface area contributed by atoms with E-state index in [-0.39, 0.29) is 5.78 Å². The molecule has 0 aliphatic rings. The van der Waals surface area contributed by atoms with Crippen LogP contribution >= 0.6 is 0 Å². The zero-order valence-corrected chi connectivity index (χ0v) is 8.42. The molecule has 0 N–H and O–H groups in total. The van der Waals surface area contributed by atoms with E-state index in [0.29, 0.717) is 17.9 Å². The summed E-state index contributed by atoms with van der Waals surface area (Å²) in [4.78, 5) is 11.5. The maximum Gasteiger partial charge on any atom is 0.222 e. The first kappa shape index (κ1) is 9.77. The van der Waals surface area contributed by atoms with Crippen LogP contribution < -0.4 is 4.74 Å². The lowest BCUT2D eigenvalue weighted by Crippen LogP contribution is -2.01. The molecule has 4 heteroatoms. The van der Waals surface area contributed by atoms with Gasteiger partial charge in [0.15, 0.2) is 5.78 Å². The number of carbonyl (C=O) groups is 1. The average molecular weight is 182 g/mol. The van der Waals surface area contributed by atoms with Crippen LogP contribution in [0.1, 0.15) is 29.4 Å². The van der Waals surface area contributed by atoms with Crippen LogP contribution in [0.4, 0.5) is 0 Å². The first-order chi connectivity index (χ1) is 6.11. The molecule has 0 amide bonds. The van der Waals surface area contributed by atoms with Gasteiger partial charge in [-0.05, 0) is 6.92 Å². The van der Waals surface area contributed by atoms with Crippen molar-refractivity contribution >= 4 is 5.78 Å². The van der Waals surface area contributed by atoms with Gasteiger partial charge < -0.3 is 4.74 Å². The fourth-order valence-corrected chi connectivity index (χ4v) is 1.37. The quantitative estimate of drug-likeness (QED) is 0.662. The summed E-state index contributed by atoms with van der Waals surface area (Å²) in [6.07, 6.45) is 0.475. The number of carbonyl (C=O) groups excluding carboxylic acids is 1. The number of ether oxygens (including phenoxy) is 1. The standard InChI is InChI=1S/C9H14N2O2/c1-5-7(12)8-6(2)10-11(3)9(8)13-4/h5H2,1-4H3. The molecule has 0 saturated heterocycles. The van der Waals surface area contributed by atoms with Gasteiger partial charge in [0, 0.05) is 13.5 Å². The molecule has 1 aromatic rings. The fourth-order valence-electron chi connectivity index (χ4n) is 1.37. The Kier molecular flexibility index (Phi) is 2.70. The third-order valence-electron chi connectivity index (χ3n) is 1.96. The number of ketones is 1. The lowest BCUT2D eigenvalue weighted by atomic mass is 10.1. The molecule has 1 rings (SSSR count). The molecule has 0 radical (unpaired) electrons. The molecular weight excluding hydrogens is 168 g/mol. The molecule has 0 aliphatic carbocycles. The summed E-state index contributed by atoms with van der Waals surface area (Å²) in [5, 5.41) is 4.12. The van der Waals surface area contributed by atoms with Crippen LogP contribution in [0.25, 0.3) is 0 Å². The van der Waals surface area contributed by atoms with E-state index in [4.69, 9.17) is 4.74 Å². The Morgan fingerprint density at radius 2 is 2.23 bits per heavy atom. The van der Waals surface area contributed by atoms with E-state index in [1.165, 1.54) is 0 Å². The maximum absolute atomic E-state index is 11.5. The molecule has 0 aromatic carbocycles. The lowest BCUT2D eigenvalue weighted by molar-refractivity contribution is 0.0984. The van der Waals surface area contributed by atoms with E-state index in [1.807, 2.05) is 13.8 Å². The minimum Gasteiger partial charge on any atom is -0.481 e. The summed E-state index contributed by atoms with van der Waals surface area (Å²) in [5.74, 6) is 0.617. The zero-order valence-electron chi connectivity index (χ0n) is 8.42. The number of nitrogens with zero attached hydrogens (tertiary/aromatic N) is 2. The van der Waals surface area contributed by atoms with Gasteiger partial charge in [-0.2, -0.15) is 5.10 Å². The van der Waals surface area contributed by atoms with Crippen molar-refractivity contribution in [3.63, 3.8) is 0 Å². The number of hydrogen-bond donors (Lipinski definition) is 0. The van der Waals surface area contributed by atoms with Crippen LogP contribution in [0.5, 0.6) is 5.88 Å². The van der Waals surface area contributed by atoms with E-state index in [0.717, 1.165) is 5.69 Å². The number of aromatic nitrogens is 2. The Morgan fingerprint density at radius 1 is 1.62 bits per heavy atom. The first-order valence-corrected chi connectivity index (χ1v) is 4.22. The van der Waals surface area contributed by atoms with E-state index in [2.05, 4.69) is 5.10 Å². The van der Waals surface area contributed by atoms with E-state index in [1.54, 1.807) is 18.8 Å². The number of Topliss-reactive ketones (excluding diaryl/α,β-unsaturated/α-hetero) is 1. The largest absolute Gasteiger partial charge is 0.481 e. The van der Waals surface area contributed by atoms with E-state index in [9.17, 15) is 4.79 Å². The Balaban J connectivity index is 3.24.